The average molecular weight is 247 g/mol. The molecule has 0 saturated heterocycles. The molecule has 16 heavy (non-hydrogen) atoms. The van der Waals surface area contributed by atoms with Crippen LogP contribution in [0.4, 0.5) is 0 Å². The van der Waals surface area contributed by atoms with Crippen molar-refractivity contribution >= 4 is 0 Å². The van der Waals surface area contributed by atoms with Crippen molar-refractivity contribution in [3.05, 3.63) is 0 Å². The third-order valence-corrected chi connectivity index (χ3v) is 1.69. The van der Waals surface area contributed by atoms with Crippen LogP contribution in [0.3, 0.4) is 0 Å². The van der Waals surface area contributed by atoms with Gasteiger partial charge in [-0.1, -0.05) is 0 Å². The Morgan fingerprint density at radius 1 is 0.750 bits per heavy atom. The maximum atomic E-state index is 8.94. The molecule has 0 fully saturated rings. The summed E-state index contributed by atoms with van der Waals surface area (Å²) >= 11 is 0. The van der Waals surface area contributed by atoms with E-state index in [1.165, 1.54) is 0 Å². The summed E-state index contributed by atoms with van der Waals surface area (Å²) < 4.78 is 0. The molecule has 0 aromatic carbocycles. The van der Waals surface area contributed by atoms with Crippen molar-refractivity contribution in [2.24, 2.45) is 0 Å². The highest BCUT2D eigenvalue weighted by atomic mass is 16.7. The molecule has 0 saturated carbocycles. The van der Waals surface area contributed by atoms with Gasteiger partial charge in [-0.05, 0) is 0 Å². The fraction of sp³-hybridized carbons (Fsp3) is 1.00. The van der Waals surface area contributed by atoms with Crippen LogP contribution in [0.1, 0.15) is 0 Å². The normalized spacial score (nSPS) is 15.0. The van der Waals surface area contributed by atoms with Gasteiger partial charge >= 0.3 is 0 Å². The van der Waals surface area contributed by atoms with E-state index in [4.69, 9.17) is 51.1 Å². The zero-order valence-electron chi connectivity index (χ0n) is 7.63. The predicted molar refractivity (Wildman–Crippen MR) is 41.1 cm³/mol. The summed E-state index contributed by atoms with van der Waals surface area (Å²) in [5, 5.41) is 87.4. The molecule has 0 rings (SSSR count). The Balaban J connectivity index is 5.17. The van der Waals surface area contributed by atoms with Crippen molar-refractivity contribution in [2.45, 2.75) is 30.2 Å². The predicted octanol–water partition coefficient (Wildman–Crippen LogP) is -6.84. The van der Waals surface area contributed by atoms with Crippen LogP contribution in [0.5, 0.6) is 0 Å². The van der Waals surface area contributed by atoms with Crippen LogP contribution >= 0.6 is 0 Å². The lowest BCUT2D eigenvalue weighted by Crippen LogP contribution is -2.77. The lowest BCUT2D eigenvalue weighted by Gasteiger charge is -2.43. The van der Waals surface area contributed by atoms with E-state index < -0.39 is 30.2 Å². The quantitative estimate of drug-likeness (QED) is 0.205. The van der Waals surface area contributed by atoms with Crippen molar-refractivity contribution in [2.75, 3.05) is 0 Å². The van der Waals surface area contributed by atoms with Crippen molar-refractivity contribution in [1.82, 2.24) is 5.32 Å². The van der Waals surface area contributed by atoms with Crippen molar-refractivity contribution in [3.8, 4) is 0 Å². The monoisotopic (exact) mass is 247 g/mol. The van der Waals surface area contributed by atoms with E-state index in [-0.39, 0.29) is 0 Å². The fourth-order valence-corrected chi connectivity index (χ4v) is 0.717. The summed E-state index contributed by atoms with van der Waals surface area (Å²) in [5.41, 5.74) is 0. The Labute approximate surface area is 87.7 Å². The Morgan fingerprint density at radius 3 is 1.38 bits per heavy atom. The van der Waals surface area contributed by atoms with Crippen LogP contribution in [0.25, 0.3) is 0 Å². The maximum absolute atomic E-state index is 8.94. The van der Waals surface area contributed by atoms with Gasteiger partial charge in [-0.3, -0.25) is 0 Å². The highest BCUT2D eigenvalue weighted by Crippen LogP contribution is 2.28. The first-order valence-corrected chi connectivity index (χ1v) is 3.70. The molecule has 0 aliphatic rings. The Bertz CT molecular complexity index is 235. The molecule has 11 nitrogen and oxygen atoms in total. The molecule has 0 bridgehead atoms. The second-order valence-corrected chi connectivity index (χ2v) is 2.96. The van der Waals surface area contributed by atoms with Gasteiger partial charge in [0.05, 0.1) is 0 Å². The molecule has 98 valence electrons. The second-order valence-electron chi connectivity index (χ2n) is 2.96. The molecule has 11 heteroatoms. The van der Waals surface area contributed by atoms with E-state index in [1.807, 2.05) is 0 Å². The largest absolute Gasteiger partial charge is 0.364 e. The fourth-order valence-electron chi connectivity index (χ4n) is 0.717. The highest BCUT2D eigenvalue weighted by molar-refractivity contribution is 4.93. The minimum absolute atomic E-state index is 0.900. The van der Waals surface area contributed by atoms with Crippen molar-refractivity contribution < 1.29 is 51.1 Å². The molecule has 11 N–H and O–H groups in total. The lowest BCUT2D eigenvalue weighted by molar-refractivity contribution is -0.493. The van der Waals surface area contributed by atoms with E-state index in [2.05, 4.69) is 0 Å². The van der Waals surface area contributed by atoms with Crippen molar-refractivity contribution in [3.63, 3.8) is 0 Å². The van der Waals surface area contributed by atoms with Gasteiger partial charge in [0.1, 0.15) is 0 Å². The first-order chi connectivity index (χ1) is 6.86. The topological polar surface area (TPSA) is 214 Å². The summed E-state index contributed by atoms with van der Waals surface area (Å²) in [7, 11) is 0. The van der Waals surface area contributed by atoms with Gasteiger partial charge in [0.15, 0.2) is 0 Å². The van der Waals surface area contributed by atoms with Crippen LogP contribution in [0.2, 0.25) is 0 Å². The van der Waals surface area contributed by atoms with E-state index in [9.17, 15) is 0 Å². The van der Waals surface area contributed by atoms with Crippen molar-refractivity contribution in [1.29, 1.82) is 0 Å². The zero-order chi connectivity index (χ0) is 13.4. The Kier molecular flexibility index (Phi) is 4.32. The summed E-state index contributed by atoms with van der Waals surface area (Å²) in [6.45, 7) is 0. The third kappa shape index (κ3) is 2.62. The van der Waals surface area contributed by atoms with Gasteiger partial charge < -0.3 is 51.1 Å². The Morgan fingerprint density at radius 2 is 1.12 bits per heavy atom. The first-order valence-electron chi connectivity index (χ1n) is 3.70. The first kappa shape index (κ1) is 15.6. The molecule has 0 amide bonds. The molecule has 0 aromatic heterocycles. The SMILES string of the molecule is OC(O)NC(O)(O)C(O)(O)C(O)(O)C(O)O. The molecule has 0 radical (unpaired) electrons. The zero-order valence-corrected chi connectivity index (χ0v) is 7.63. The van der Waals surface area contributed by atoms with Gasteiger partial charge in [-0.2, -0.15) is 0 Å². The molecule has 0 spiro atoms. The van der Waals surface area contributed by atoms with Gasteiger partial charge in [-0.25, -0.2) is 5.32 Å². The maximum Gasteiger partial charge on any atom is 0.295 e. The van der Waals surface area contributed by atoms with Crippen LogP contribution in [0.15, 0.2) is 0 Å². The van der Waals surface area contributed by atoms with Gasteiger partial charge in [0, 0.05) is 0 Å². The van der Waals surface area contributed by atoms with Gasteiger partial charge in [-0.15, -0.1) is 0 Å². The number of aliphatic hydroxyl groups excluding tert-OH is 2. The standard InChI is InChI=1S/C5H13NO10/c7-1(8)3(11,12)4(13,14)5(15,16)6-2(9)10/h1-2,6-16H. The summed E-state index contributed by atoms with van der Waals surface area (Å²) in [6.07, 6.45) is -5.88. The molecule has 0 unspecified atom stereocenters. The van der Waals surface area contributed by atoms with E-state index in [0.717, 1.165) is 5.32 Å². The Hall–Kier alpha value is -0.440. The molecule has 0 aliphatic carbocycles. The third-order valence-electron chi connectivity index (χ3n) is 1.69. The van der Waals surface area contributed by atoms with E-state index in [0.29, 0.717) is 0 Å². The number of rotatable bonds is 5. The molecular weight excluding hydrogens is 234 g/mol. The van der Waals surface area contributed by atoms with Gasteiger partial charge in [0.25, 0.3) is 17.5 Å². The summed E-state index contributed by atoms with van der Waals surface area (Å²) in [6, 6.07) is 0. The average Bonchev–Trinajstić information content (AvgIpc) is 2.00. The molecule has 0 aromatic rings. The van der Waals surface area contributed by atoms with Crippen LogP contribution in [-0.2, 0) is 0 Å². The minimum atomic E-state index is -4.36. The summed E-state index contributed by atoms with van der Waals surface area (Å²) in [4.78, 5) is 0. The van der Waals surface area contributed by atoms with E-state index in [1.54, 1.807) is 0 Å². The lowest BCUT2D eigenvalue weighted by atomic mass is 10.0. The molecule has 0 heterocycles. The molecule has 0 atom stereocenters. The number of hydrogen-bond donors (Lipinski definition) is 11. The molecule has 0 aliphatic heterocycles. The smallest absolute Gasteiger partial charge is 0.295 e. The number of hydrogen-bond acceptors (Lipinski definition) is 11. The number of aliphatic hydroxyl groups is 10. The van der Waals surface area contributed by atoms with Crippen LogP contribution < -0.4 is 5.32 Å². The van der Waals surface area contributed by atoms with Crippen LogP contribution in [-0.4, -0.2) is 81.3 Å². The minimum Gasteiger partial charge on any atom is -0.364 e. The number of nitrogens with one attached hydrogen (secondary N) is 1. The molecular formula is C5H13NO10. The second kappa shape index (κ2) is 4.44. The highest BCUT2D eigenvalue weighted by Gasteiger charge is 2.65. The van der Waals surface area contributed by atoms with Gasteiger partial charge in [0.2, 0.25) is 12.7 Å². The van der Waals surface area contributed by atoms with Crippen LogP contribution in [0, 0.1) is 0 Å². The van der Waals surface area contributed by atoms with E-state index >= 15 is 0 Å². The summed E-state index contributed by atoms with van der Waals surface area (Å²) in [5.74, 6) is -12.6.